The van der Waals surface area contributed by atoms with Crippen LogP contribution in [0.3, 0.4) is 0 Å². The van der Waals surface area contributed by atoms with E-state index in [1.165, 1.54) is 22.3 Å². The number of aryl methyl sites for hydroxylation is 1. The molecule has 1 aliphatic heterocycles. The summed E-state index contributed by atoms with van der Waals surface area (Å²) in [5.74, 6) is 0.985. The Labute approximate surface area is 135 Å². The van der Waals surface area contributed by atoms with E-state index in [0.717, 1.165) is 50.2 Å². The predicted molar refractivity (Wildman–Crippen MR) is 89.9 cm³/mol. The lowest BCUT2D eigenvalue weighted by atomic mass is 10.1. The van der Waals surface area contributed by atoms with Gasteiger partial charge in [-0.2, -0.15) is 5.10 Å². The van der Waals surface area contributed by atoms with Crippen LogP contribution in [0.25, 0.3) is 10.9 Å². The van der Waals surface area contributed by atoms with Crippen LogP contribution in [0.4, 0.5) is 0 Å². The molecule has 1 N–H and O–H groups in total. The van der Waals surface area contributed by atoms with Crippen molar-refractivity contribution in [1.29, 1.82) is 0 Å². The van der Waals surface area contributed by atoms with Gasteiger partial charge < -0.3 is 0 Å². The largest absolute Gasteiger partial charge is 0.293 e. The summed E-state index contributed by atoms with van der Waals surface area (Å²) in [7, 11) is 0. The molecule has 0 spiro atoms. The molecule has 0 fully saturated rings. The van der Waals surface area contributed by atoms with Crippen molar-refractivity contribution in [3.63, 3.8) is 0 Å². The van der Waals surface area contributed by atoms with Crippen LogP contribution in [-0.4, -0.2) is 31.6 Å². The van der Waals surface area contributed by atoms with E-state index in [1.54, 1.807) is 0 Å². The molecule has 4 rings (SSSR count). The molecule has 1 aromatic carbocycles. The molecule has 23 heavy (non-hydrogen) atoms. The van der Waals surface area contributed by atoms with E-state index < -0.39 is 0 Å². The Kier molecular flexibility index (Phi) is 3.79. The summed E-state index contributed by atoms with van der Waals surface area (Å²) in [5.41, 5.74) is 4.72. The first-order valence-corrected chi connectivity index (χ1v) is 8.31. The predicted octanol–water partition coefficient (Wildman–Crippen LogP) is 2.86. The molecular weight excluding hydrogens is 286 g/mol. The highest BCUT2D eigenvalue weighted by molar-refractivity contribution is 5.81. The maximum Gasteiger partial charge on any atom is 0.128 e. The fourth-order valence-electron chi connectivity index (χ4n) is 3.25. The Morgan fingerprint density at radius 2 is 2.17 bits per heavy atom. The van der Waals surface area contributed by atoms with Crippen LogP contribution >= 0.6 is 0 Å². The standard InChI is InChI=1S/C18H21N5/c1-2-5-18-19-10-13-11-23(9-8-15(13)20-18)12-17-14-6-3-4-7-16(14)21-22-17/h3-4,6-7,10H,2,5,8-9,11-12H2,1H3,(H,21,22). The van der Waals surface area contributed by atoms with Gasteiger partial charge in [0.2, 0.25) is 0 Å². The van der Waals surface area contributed by atoms with E-state index in [9.17, 15) is 0 Å². The van der Waals surface area contributed by atoms with Crippen LogP contribution in [-0.2, 0) is 25.9 Å². The first kappa shape index (κ1) is 14.3. The number of hydrogen-bond acceptors (Lipinski definition) is 4. The summed E-state index contributed by atoms with van der Waals surface area (Å²) in [6, 6.07) is 8.27. The summed E-state index contributed by atoms with van der Waals surface area (Å²) in [5, 5.41) is 8.79. The number of nitrogens with zero attached hydrogens (tertiary/aromatic N) is 4. The zero-order valence-electron chi connectivity index (χ0n) is 13.4. The monoisotopic (exact) mass is 307 g/mol. The minimum atomic E-state index is 0.886. The number of nitrogens with one attached hydrogen (secondary N) is 1. The summed E-state index contributed by atoms with van der Waals surface area (Å²) in [4.78, 5) is 11.7. The number of aromatic amines is 1. The van der Waals surface area contributed by atoms with Gasteiger partial charge in [0.1, 0.15) is 5.82 Å². The minimum Gasteiger partial charge on any atom is -0.293 e. The van der Waals surface area contributed by atoms with Gasteiger partial charge in [-0.15, -0.1) is 0 Å². The van der Waals surface area contributed by atoms with Crippen LogP contribution in [0.5, 0.6) is 0 Å². The Morgan fingerprint density at radius 1 is 1.26 bits per heavy atom. The van der Waals surface area contributed by atoms with Crippen LogP contribution in [0.1, 0.15) is 36.1 Å². The third kappa shape index (κ3) is 2.84. The zero-order chi connectivity index (χ0) is 15.6. The van der Waals surface area contributed by atoms with Crippen LogP contribution in [0, 0.1) is 0 Å². The minimum absolute atomic E-state index is 0.886. The molecule has 1 aliphatic rings. The molecule has 0 saturated heterocycles. The molecular formula is C18H21N5. The first-order chi connectivity index (χ1) is 11.3. The maximum atomic E-state index is 4.73. The molecule has 0 aliphatic carbocycles. The van der Waals surface area contributed by atoms with E-state index in [4.69, 9.17) is 4.98 Å². The number of fused-ring (bicyclic) bond motifs is 2. The van der Waals surface area contributed by atoms with E-state index in [1.807, 2.05) is 18.3 Å². The van der Waals surface area contributed by atoms with Crippen molar-refractivity contribution in [2.24, 2.45) is 0 Å². The summed E-state index contributed by atoms with van der Waals surface area (Å²) in [6.45, 7) is 4.99. The second-order valence-electron chi connectivity index (χ2n) is 6.19. The molecule has 0 amide bonds. The van der Waals surface area contributed by atoms with E-state index >= 15 is 0 Å². The van der Waals surface area contributed by atoms with Gasteiger partial charge in [0.15, 0.2) is 0 Å². The third-order valence-electron chi connectivity index (χ3n) is 4.46. The SMILES string of the molecule is CCCc1ncc2c(n1)CCN(Cc1[nH]nc3ccccc13)C2. The highest BCUT2D eigenvalue weighted by Crippen LogP contribution is 2.21. The first-order valence-electron chi connectivity index (χ1n) is 8.31. The second-order valence-corrected chi connectivity index (χ2v) is 6.19. The number of benzene rings is 1. The van der Waals surface area contributed by atoms with Crippen molar-refractivity contribution in [3.05, 3.63) is 53.2 Å². The number of para-hydroxylation sites is 1. The van der Waals surface area contributed by atoms with Crippen molar-refractivity contribution in [3.8, 4) is 0 Å². The lowest BCUT2D eigenvalue weighted by Crippen LogP contribution is -2.31. The molecule has 0 bridgehead atoms. The lowest BCUT2D eigenvalue weighted by Gasteiger charge is -2.27. The van der Waals surface area contributed by atoms with Gasteiger partial charge >= 0.3 is 0 Å². The Bertz CT molecular complexity index is 823. The molecule has 3 heterocycles. The maximum absolute atomic E-state index is 4.73. The molecule has 3 aromatic rings. The van der Waals surface area contributed by atoms with Gasteiger partial charge in [0, 0.05) is 55.3 Å². The van der Waals surface area contributed by atoms with Crippen LogP contribution in [0.2, 0.25) is 0 Å². The normalized spacial score (nSPS) is 15.0. The van der Waals surface area contributed by atoms with Gasteiger partial charge in [-0.25, -0.2) is 9.97 Å². The molecule has 0 saturated carbocycles. The van der Waals surface area contributed by atoms with Crippen LogP contribution < -0.4 is 0 Å². The molecule has 118 valence electrons. The third-order valence-corrected chi connectivity index (χ3v) is 4.46. The van der Waals surface area contributed by atoms with Gasteiger partial charge in [-0.3, -0.25) is 10.00 Å². The number of hydrogen-bond donors (Lipinski definition) is 1. The number of H-pyrrole nitrogens is 1. The van der Waals surface area contributed by atoms with Crippen molar-refractivity contribution >= 4 is 10.9 Å². The van der Waals surface area contributed by atoms with E-state index in [0.29, 0.717) is 0 Å². The van der Waals surface area contributed by atoms with E-state index in [-0.39, 0.29) is 0 Å². The lowest BCUT2D eigenvalue weighted by molar-refractivity contribution is 0.240. The Balaban J connectivity index is 1.52. The average Bonchev–Trinajstić information content (AvgIpc) is 2.98. The molecule has 2 aromatic heterocycles. The molecule has 5 nitrogen and oxygen atoms in total. The second kappa shape index (κ2) is 6.08. The summed E-state index contributed by atoms with van der Waals surface area (Å²) in [6.07, 6.45) is 5.08. The highest BCUT2D eigenvalue weighted by atomic mass is 15.2. The topological polar surface area (TPSA) is 57.7 Å². The van der Waals surface area contributed by atoms with E-state index in [2.05, 4.69) is 39.1 Å². The molecule has 5 heteroatoms. The van der Waals surface area contributed by atoms with Crippen LogP contribution in [0.15, 0.2) is 30.5 Å². The smallest absolute Gasteiger partial charge is 0.128 e. The van der Waals surface area contributed by atoms with Gasteiger partial charge in [0.25, 0.3) is 0 Å². The fraction of sp³-hybridized carbons (Fsp3) is 0.389. The molecule has 0 atom stereocenters. The number of aromatic nitrogens is 4. The summed E-state index contributed by atoms with van der Waals surface area (Å²) < 4.78 is 0. The Morgan fingerprint density at radius 3 is 3.09 bits per heavy atom. The van der Waals surface area contributed by atoms with Gasteiger partial charge in [0.05, 0.1) is 11.2 Å². The summed E-state index contributed by atoms with van der Waals surface area (Å²) >= 11 is 0. The number of rotatable bonds is 4. The highest BCUT2D eigenvalue weighted by Gasteiger charge is 2.19. The quantitative estimate of drug-likeness (QED) is 0.805. The van der Waals surface area contributed by atoms with Crippen molar-refractivity contribution < 1.29 is 0 Å². The molecule has 0 radical (unpaired) electrons. The van der Waals surface area contributed by atoms with Crippen molar-refractivity contribution in [2.75, 3.05) is 6.54 Å². The molecule has 0 unspecified atom stereocenters. The van der Waals surface area contributed by atoms with Crippen molar-refractivity contribution in [1.82, 2.24) is 25.1 Å². The average molecular weight is 307 g/mol. The zero-order valence-corrected chi connectivity index (χ0v) is 13.4. The van der Waals surface area contributed by atoms with Gasteiger partial charge in [-0.05, 0) is 12.5 Å². The van der Waals surface area contributed by atoms with Gasteiger partial charge in [-0.1, -0.05) is 25.1 Å². The Hall–Kier alpha value is -2.27. The fourth-order valence-corrected chi connectivity index (χ4v) is 3.25. The van der Waals surface area contributed by atoms with Crippen molar-refractivity contribution in [2.45, 2.75) is 39.3 Å².